The van der Waals surface area contributed by atoms with Crippen molar-refractivity contribution in [3.8, 4) is 11.4 Å². The van der Waals surface area contributed by atoms with E-state index in [4.69, 9.17) is 16.3 Å². The number of benzene rings is 2. The largest absolute Gasteiger partial charge is 0.497 e. The molecule has 0 radical (unpaired) electrons. The van der Waals surface area contributed by atoms with Crippen molar-refractivity contribution in [2.75, 3.05) is 20.2 Å². The van der Waals surface area contributed by atoms with E-state index in [1.165, 1.54) is 0 Å². The maximum Gasteiger partial charge on any atom is 0.278 e. The first kappa shape index (κ1) is 21.3. The number of hydrogen-bond acceptors (Lipinski definition) is 5. The van der Waals surface area contributed by atoms with Gasteiger partial charge >= 0.3 is 0 Å². The summed E-state index contributed by atoms with van der Waals surface area (Å²) in [5.74, 6) is 0.00286. The Kier molecular flexibility index (Phi) is 6.48. The molecule has 2 heterocycles. The number of aromatic nitrogens is 2. The highest BCUT2D eigenvalue weighted by Gasteiger charge is 2.24. The van der Waals surface area contributed by atoms with Crippen LogP contribution in [0, 0.1) is 0 Å². The molecular weight excluding hydrogens is 436 g/mol. The second-order valence-corrected chi connectivity index (χ2v) is 8.44. The number of methoxy groups -OCH3 is 1. The Hall–Kier alpha value is -2.97. The summed E-state index contributed by atoms with van der Waals surface area (Å²) in [7, 11) is 1.56. The lowest BCUT2D eigenvalue weighted by molar-refractivity contribution is 0.0716. The molecule has 0 atom stereocenters. The lowest BCUT2D eigenvalue weighted by atomic mass is 10.1. The van der Waals surface area contributed by atoms with Gasteiger partial charge in [-0.25, -0.2) is 0 Å². The van der Waals surface area contributed by atoms with Crippen LogP contribution in [0.15, 0.2) is 53.5 Å². The number of piperidine rings is 1. The summed E-state index contributed by atoms with van der Waals surface area (Å²) < 4.78 is 7.01. The Morgan fingerprint density at radius 1 is 1.03 bits per heavy atom. The minimum Gasteiger partial charge on any atom is -0.497 e. The van der Waals surface area contributed by atoms with Gasteiger partial charge < -0.3 is 9.64 Å². The van der Waals surface area contributed by atoms with Gasteiger partial charge in [0.2, 0.25) is 0 Å². The molecule has 9 heteroatoms. The van der Waals surface area contributed by atoms with Crippen LogP contribution in [0.2, 0.25) is 5.02 Å². The third-order valence-corrected chi connectivity index (χ3v) is 6.17. The molecule has 160 valence electrons. The fraction of sp³-hybridized carbons (Fsp3) is 0.273. The van der Waals surface area contributed by atoms with Gasteiger partial charge in [0.15, 0.2) is 10.4 Å². The van der Waals surface area contributed by atoms with Crippen molar-refractivity contribution in [2.24, 2.45) is 4.99 Å². The SMILES string of the molecule is COc1ccc(C(=O)N=c2sn(-c3ccc(Cl)cc3)nc2C(=O)N2CCCCC2)cc1. The zero-order chi connectivity index (χ0) is 21.8. The Morgan fingerprint density at radius 2 is 1.71 bits per heavy atom. The van der Waals surface area contributed by atoms with Crippen LogP contribution in [0.25, 0.3) is 5.69 Å². The highest BCUT2D eigenvalue weighted by molar-refractivity contribution is 7.04. The molecule has 1 saturated heterocycles. The molecule has 31 heavy (non-hydrogen) atoms. The summed E-state index contributed by atoms with van der Waals surface area (Å²) in [5.41, 5.74) is 1.33. The number of halogens is 1. The average Bonchev–Trinajstić information content (AvgIpc) is 3.23. The van der Waals surface area contributed by atoms with E-state index in [-0.39, 0.29) is 16.3 Å². The molecule has 7 nitrogen and oxygen atoms in total. The third kappa shape index (κ3) is 4.86. The number of ether oxygens (including phenoxy) is 1. The van der Waals surface area contributed by atoms with Crippen molar-refractivity contribution in [2.45, 2.75) is 19.3 Å². The summed E-state index contributed by atoms with van der Waals surface area (Å²) in [4.78, 5) is 32.0. The fourth-order valence-electron chi connectivity index (χ4n) is 3.30. The van der Waals surface area contributed by atoms with Gasteiger partial charge in [0.25, 0.3) is 11.8 Å². The summed E-state index contributed by atoms with van der Waals surface area (Å²) in [6, 6.07) is 13.8. The number of carbonyl (C=O) groups is 2. The Morgan fingerprint density at radius 3 is 2.35 bits per heavy atom. The molecule has 0 saturated carbocycles. The number of hydrogen-bond donors (Lipinski definition) is 0. The van der Waals surface area contributed by atoms with Gasteiger partial charge in [0.05, 0.1) is 12.8 Å². The zero-order valence-electron chi connectivity index (χ0n) is 17.0. The molecule has 0 unspecified atom stereocenters. The summed E-state index contributed by atoms with van der Waals surface area (Å²) in [5, 5.41) is 5.10. The number of rotatable bonds is 4. The van der Waals surface area contributed by atoms with E-state index in [1.807, 2.05) is 0 Å². The van der Waals surface area contributed by atoms with Gasteiger partial charge in [-0.1, -0.05) is 11.6 Å². The monoisotopic (exact) mass is 456 g/mol. The second-order valence-electron chi connectivity index (χ2n) is 7.09. The van der Waals surface area contributed by atoms with Crippen LogP contribution in [0.5, 0.6) is 5.75 Å². The summed E-state index contributed by atoms with van der Waals surface area (Å²) >= 11 is 7.13. The van der Waals surface area contributed by atoms with E-state index in [1.54, 1.807) is 64.6 Å². The van der Waals surface area contributed by atoms with Crippen molar-refractivity contribution in [1.29, 1.82) is 0 Å². The zero-order valence-corrected chi connectivity index (χ0v) is 18.5. The predicted octanol–water partition coefficient (Wildman–Crippen LogP) is 3.96. The summed E-state index contributed by atoms with van der Waals surface area (Å²) in [6.07, 6.45) is 3.04. The first-order valence-corrected chi connectivity index (χ1v) is 11.1. The molecule has 0 spiro atoms. The minimum atomic E-state index is -0.442. The highest BCUT2D eigenvalue weighted by atomic mass is 35.5. The molecule has 4 rings (SSSR count). The van der Waals surface area contributed by atoms with Crippen LogP contribution in [0.3, 0.4) is 0 Å². The van der Waals surface area contributed by atoms with Crippen LogP contribution in [0.4, 0.5) is 0 Å². The number of carbonyl (C=O) groups excluding carboxylic acids is 2. The smallest absolute Gasteiger partial charge is 0.278 e. The first-order valence-electron chi connectivity index (χ1n) is 9.94. The lowest BCUT2D eigenvalue weighted by Gasteiger charge is -2.25. The normalized spacial score (nSPS) is 14.5. The van der Waals surface area contributed by atoms with Gasteiger partial charge in [-0.2, -0.15) is 9.06 Å². The van der Waals surface area contributed by atoms with E-state index in [0.29, 0.717) is 29.4 Å². The molecule has 0 bridgehead atoms. The molecule has 1 aromatic heterocycles. The number of likely N-dealkylation sites (tertiary alicyclic amines) is 1. The topological polar surface area (TPSA) is 76.8 Å². The number of amides is 2. The summed E-state index contributed by atoms with van der Waals surface area (Å²) in [6.45, 7) is 1.37. The van der Waals surface area contributed by atoms with Crippen LogP contribution >= 0.6 is 23.1 Å². The van der Waals surface area contributed by atoms with E-state index in [2.05, 4.69) is 10.1 Å². The number of nitrogens with zero attached hydrogens (tertiary/aromatic N) is 4. The maximum absolute atomic E-state index is 13.2. The lowest BCUT2D eigenvalue weighted by Crippen LogP contribution is -2.38. The van der Waals surface area contributed by atoms with Crippen LogP contribution < -0.4 is 9.41 Å². The highest BCUT2D eigenvalue weighted by Crippen LogP contribution is 2.17. The van der Waals surface area contributed by atoms with E-state index in [0.717, 1.165) is 36.5 Å². The molecule has 0 N–H and O–H groups in total. The fourth-order valence-corrected chi connectivity index (χ4v) is 4.28. The van der Waals surface area contributed by atoms with Crippen molar-refractivity contribution >= 4 is 34.9 Å². The molecule has 2 amide bonds. The van der Waals surface area contributed by atoms with Crippen molar-refractivity contribution in [1.82, 2.24) is 14.1 Å². The van der Waals surface area contributed by atoms with Crippen LogP contribution in [0.1, 0.15) is 40.1 Å². The maximum atomic E-state index is 13.2. The predicted molar refractivity (Wildman–Crippen MR) is 119 cm³/mol. The molecule has 2 aromatic carbocycles. The van der Waals surface area contributed by atoms with E-state index >= 15 is 0 Å². The molecular formula is C22H21ClN4O3S. The molecule has 3 aromatic rings. The molecule has 1 aliphatic rings. The van der Waals surface area contributed by atoms with Gasteiger partial charge in [0, 0.05) is 23.7 Å². The van der Waals surface area contributed by atoms with Crippen molar-refractivity contribution in [3.63, 3.8) is 0 Å². The molecule has 1 aliphatic heterocycles. The first-order chi connectivity index (χ1) is 15.0. The van der Waals surface area contributed by atoms with Crippen LogP contribution in [-0.4, -0.2) is 46.1 Å². The van der Waals surface area contributed by atoms with Gasteiger partial charge in [0.1, 0.15) is 5.75 Å². The Bertz CT molecular complexity index is 1150. The quantitative estimate of drug-likeness (QED) is 0.595. The Labute approximate surface area is 188 Å². The standard InChI is InChI=1S/C22H21ClN4O3S/c1-30-18-11-5-15(6-12-18)20(28)24-21-19(22(29)26-13-3-2-4-14-26)25-27(31-21)17-9-7-16(23)8-10-17/h5-12H,2-4,13-14H2,1H3. The molecule has 1 fully saturated rings. The van der Waals surface area contributed by atoms with Gasteiger partial charge in [-0.05, 0) is 79.3 Å². The van der Waals surface area contributed by atoms with Gasteiger partial charge in [-0.15, -0.1) is 5.10 Å². The van der Waals surface area contributed by atoms with E-state index < -0.39 is 5.91 Å². The second kappa shape index (κ2) is 9.45. The van der Waals surface area contributed by atoms with Crippen molar-refractivity contribution < 1.29 is 14.3 Å². The minimum absolute atomic E-state index is 0.184. The Balaban J connectivity index is 1.74. The third-order valence-electron chi connectivity index (χ3n) is 5.00. The van der Waals surface area contributed by atoms with Crippen molar-refractivity contribution in [3.05, 3.63) is 69.5 Å². The average molecular weight is 457 g/mol. The molecule has 0 aliphatic carbocycles. The van der Waals surface area contributed by atoms with Crippen LogP contribution in [-0.2, 0) is 0 Å². The van der Waals surface area contributed by atoms with E-state index in [9.17, 15) is 9.59 Å². The van der Waals surface area contributed by atoms with Gasteiger partial charge in [-0.3, -0.25) is 9.59 Å².